The summed E-state index contributed by atoms with van der Waals surface area (Å²) in [5.41, 5.74) is 11.3. The lowest BCUT2D eigenvalue weighted by Gasteiger charge is -2.19. The van der Waals surface area contributed by atoms with Gasteiger partial charge in [0.05, 0.1) is 18.2 Å². The first kappa shape index (κ1) is 29.4. The quantitative estimate of drug-likeness (QED) is 0.247. The van der Waals surface area contributed by atoms with Gasteiger partial charge in [-0.3, -0.25) is 9.78 Å². The molecule has 220 valence electrons. The minimum Gasteiger partial charge on any atom is -0.489 e. The number of nitrogens with two attached hydrogens (primary N) is 1. The largest absolute Gasteiger partial charge is 0.489 e. The van der Waals surface area contributed by atoms with Crippen LogP contribution >= 0.6 is 0 Å². The molecule has 1 aliphatic rings. The number of pyridine rings is 1. The highest BCUT2D eigenvalue weighted by molar-refractivity contribution is 5.75. The van der Waals surface area contributed by atoms with E-state index < -0.39 is 18.6 Å². The first-order chi connectivity index (χ1) is 20.9. The van der Waals surface area contributed by atoms with Crippen LogP contribution in [0.4, 0.5) is 0 Å². The fourth-order valence-corrected chi connectivity index (χ4v) is 4.48. The topological polar surface area (TPSA) is 146 Å². The van der Waals surface area contributed by atoms with Gasteiger partial charge in [0.2, 0.25) is 0 Å². The molecule has 0 aliphatic carbocycles. The molecule has 43 heavy (non-hydrogen) atoms. The summed E-state index contributed by atoms with van der Waals surface area (Å²) in [4.78, 5) is 16.5. The number of ether oxygens (including phenoxy) is 5. The number of carbonyl (C=O) groups excluding carboxylic acids is 1. The average Bonchev–Trinajstić information content (AvgIpc) is 3.05. The smallest absolute Gasteiger partial charge is 0.325 e. The number of benzene rings is 3. The van der Waals surface area contributed by atoms with E-state index in [9.17, 15) is 10.1 Å². The third kappa shape index (κ3) is 7.22. The molecule has 0 saturated heterocycles. The predicted molar refractivity (Wildman–Crippen MR) is 157 cm³/mol. The second-order valence-corrected chi connectivity index (χ2v) is 9.89. The molecule has 2 heterocycles. The van der Waals surface area contributed by atoms with Crippen LogP contribution in [0.3, 0.4) is 0 Å². The van der Waals surface area contributed by atoms with Crippen molar-refractivity contribution in [2.24, 2.45) is 5.73 Å². The Bertz CT molecular complexity index is 1650. The number of nitriles is 1. The second kappa shape index (κ2) is 13.7. The molecular weight excluding hydrogens is 550 g/mol. The van der Waals surface area contributed by atoms with Crippen molar-refractivity contribution in [3.63, 3.8) is 0 Å². The van der Waals surface area contributed by atoms with Gasteiger partial charge < -0.3 is 34.5 Å². The molecular formula is C33H31N3O7. The Balaban J connectivity index is 1.33. The van der Waals surface area contributed by atoms with Gasteiger partial charge in [0.1, 0.15) is 50.6 Å². The summed E-state index contributed by atoms with van der Waals surface area (Å²) in [5, 5.41) is 18.4. The summed E-state index contributed by atoms with van der Waals surface area (Å²) in [7, 11) is 0. The minimum absolute atomic E-state index is 0.110. The number of fused-ring (bicyclic) bond motifs is 1. The maximum Gasteiger partial charge on any atom is 0.325 e. The lowest BCUT2D eigenvalue weighted by molar-refractivity contribution is -0.147. The van der Waals surface area contributed by atoms with Crippen molar-refractivity contribution in [2.75, 3.05) is 19.8 Å². The molecule has 0 spiro atoms. The highest BCUT2D eigenvalue weighted by Gasteiger charge is 2.17. The molecule has 4 aromatic rings. The van der Waals surface area contributed by atoms with Crippen LogP contribution < -0.4 is 24.7 Å². The Kier molecular flexibility index (Phi) is 9.36. The molecule has 1 atom stereocenters. The number of aliphatic hydroxyl groups excluding tert-OH is 1. The van der Waals surface area contributed by atoms with Crippen molar-refractivity contribution in [3.8, 4) is 40.2 Å². The van der Waals surface area contributed by atoms with Gasteiger partial charge in [-0.05, 0) is 60.0 Å². The van der Waals surface area contributed by atoms with Gasteiger partial charge in [-0.2, -0.15) is 5.26 Å². The summed E-state index contributed by atoms with van der Waals surface area (Å²) in [6, 6.07) is 19.1. The monoisotopic (exact) mass is 581 g/mol. The van der Waals surface area contributed by atoms with E-state index in [1.807, 2.05) is 37.4 Å². The maximum absolute atomic E-state index is 12.0. The molecule has 10 nitrogen and oxygen atoms in total. The average molecular weight is 582 g/mol. The van der Waals surface area contributed by atoms with Crippen molar-refractivity contribution >= 4 is 5.97 Å². The Morgan fingerprint density at radius 3 is 2.65 bits per heavy atom. The molecule has 0 unspecified atom stereocenters. The first-order valence-electron chi connectivity index (χ1n) is 13.7. The zero-order valence-corrected chi connectivity index (χ0v) is 23.6. The van der Waals surface area contributed by atoms with Gasteiger partial charge in [0, 0.05) is 35.2 Å². The summed E-state index contributed by atoms with van der Waals surface area (Å²) >= 11 is 0. The lowest BCUT2D eigenvalue weighted by atomic mass is 9.99. The van der Waals surface area contributed by atoms with Crippen molar-refractivity contribution in [1.29, 1.82) is 5.26 Å². The van der Waals surface area contributed by atoms with Crippen LogP contribution in [0.1, 0.15) is 27.8 Å². The molecule has 0 saturated carbocycles. The van der Waals surface area contributed by atoms with Gasteiger partial charge in [-0.15, -0.1) is 0 Å². The number of nitrogens with zero attached hydrogens (tertiary/aromatic N) is 2. The van der Waals surface area contributed by atoms with Crippen LogP contribution in [-0.4, -0.2) is 41.9 Å². The number of carbonyl (C=O) groups is 1. The summed E-state index contributed by atoms with van der Waals surface area (Å²) in [6.45, 7) is 2.86. The van der Waals surface area contributed by atoms with Crippen LogP contribution in [0.25, 0.3) is 11.1 Å². The van der Waals surface area contributed by atoms with E-state index in [0.29, 0.717) is 41.6 Å². The van der Waals surface area contributed by atoms with Crippen LogP contribution in [-0.2, 0) is 29.4 Å². The number of aromatic nitrogens is 1. The van der Waals surface area contributed by atoms with E-state index in [2.05, 4.69) is 11.1 Å². The summed E-state index contributed by atoms with van der Waals surface area (Å²) in [5.74, 6) is 1.68. The lowest BCUT2D eigenvalue weighted by Crippen LogP contribution is -2.35. The van der Waals surface area contributed by atoms with Gasteiger partial charge in [-0.1, -0.05) is 18.2 Å². The minimum atomic E-state index is -1.13. The highest BCUT2D eigenvalue weighted by Crippen LogP contribution is 2.36. The predicted octanol–water partition coefficient (Wildman–Crippen LogP) is 4.22. The molecule has 0 bridgehead atoms. The molecule has 0 radical (unpaired) electrons. The maximum atomic E-state index is 12.0. The highest BCUT2D eigenvalue weighted by atomic mass is 16.6. The SMILES string of the molecule is Cc1c(COc2ccc(COC(=O)[C@@H](N)CO)c(OCc3cccc(C#N)c3)c2)cncc1-c1ccc2c(c1)OCCO2. The standard InChI is InChI=1S/C33H31N3O7/c1-21-26(15-36-16-28(21)24-6-8-30-32(12-24)40-10-9-39-30)20-41-27-7-5-25(19-43-33(38)29(35)17-37)31(13-27)42-18-23-4-2-3-22(11-23)14-34/h2-8,11-13,15-16,29,37H,9-10,17-20,35H2,1H3/t29-/m0/s1. The van der Waals surface area contributed by atoms with E-state index in [0.717, 1.165) is 33.6 Å². The van der Waals surface area contributed by atoms with Crippen molar-refractivity contribution < 1.29 is 33.6 Å². The fourth-order valence-electron chi connectivity index (χ4n) is 4.48. The van der Waals surface area contributed by atoms with Gasteiger partial charge in [-0.25, -0.2) is 0 Å². The molecule has 3 N–H and O–H groups in total. The Morgan fingerprint density at radius 1 is 1.00 bits per heavy atom. The first-order valence-corrected chi connectivity index (χ1v) is 13.7. The van der Waals surface area contributed by atoms with Gasteiger partial charge in [0.15, 0.2) is 11.5 Å². The molecule has 0 fully saturated rings. The van der Waals surface area contributed by atoms with E-state index >= 15 is 0 Å². The number of esters is 1. The summed E-state index contributed by atoms with van der Waals surface area (Å²) < 4.78 is 28.9. The third-order valence-electron chi connectivity index (χ3n) is 6.93. The van der Waals surface area contributed by atoms with Crippen molar-refractivity contribution in [3.05, 3.63) is 101 Å². The van der Waals surface area contributed by atoms with Crippen LogP contribution in [0.5, 0.6) is 23.0 Å². The number of rotatable bonds is 11. The molecule has 1 aromatic heterocycles. The van der Waals surface area contributed by atoms with Gasteiger partial charge in [0.25, 0.3) is 0 Å². The van der Waals surface area contributed by atoms with Crippen LogP contribution in [0.15, 0.2) is 73.1 Å². The molecule has 10 heteroatoms. The number of aliphatic hydroxyl groups is 1. The zero-order chi connectivity index (χ0) is 30.2. The van der Waals surface area contributed by atoms with Crippen LogP contribution in [0, 0.1) is 18.3 Å². The molecule has 3 aromatic carbocycles. The molecule has 5 rings (SSSR count). The van der Waals surface area contributed by atoms with E-state index in [4.69, 9.17) is 34.5 Å². The normalized spacial score (nSPS) is 12.6. The zero-order valence-electron chi connectivity index (χ0n) is 23.6. The Labute approximate surface area is 249 Å². The number of hydrogen-bond donors (Lipinski definition) is 2. The van der Waals surface area contributed by atoms with Gasteiger partial charge >= 0.3 is 5.97 Å². The Morgan fingerprint density at radius 2 is 1.84 bits per heavy atom. The van der Waals surface area contributed by atoms with Crippen LogP contribution in [0.2, 0.25) is 0 Å². The fraction of sp³-hybridized carbons (Fsp3) is 0.242. The van der Waals surface area contributed by atoms with E-state index in [1.165, 1.54) is 0 Å². The molecule has 0 amide bonds. The summed E-state index contributed by atoms with van der Waals surface area (Å²) in [6.07, 6.45) is 3.59. The second-order valence-electron chi connectivity index (χ2n) is 9.89. The van der Waals surface area contributed by atoms with Crippen molar-refractivity contribution in [2.45, 2.75) is 32.8 Å². The third-order valence-corrected chi connectivity index (χ3v) is 6.93. The Hall–Kier alpha value is -5.11. The number of hydrogen-bond acceptors (Lipinski definition) is 10. The van der Waals surface area contributed by atoms with E-state index in [-0.39, 0.29) is 19.8 Å². The van der Waals surface area contributed by atoms with E-state index in [1.54, 1.807) is 42.6 Å². The van der Waals surface area contributed by atoms with Crippen molar-refractivity contribution in [1.82, 2.24) is 4.98 Å². The molecule has 1 aliphatic heterocycles.